The molecule has 0 aliphatic rings. The molecule has 2 nitrogen and oxygen atoms in total. The molecular formula is C12H17NO. The minimum Gasteiger partial charge on any atom is -0.496 e. The second kappa shape index (κ2) is 4.82. The van der Waals surface area contributed by atoms with Gasteiger partial charge in [0.15, 0.2) is 0 Å². The molecule has 0 aliphatic carbocycles. The molecule has 76 valence electrons. The Morgan fingerprint density at radius 3 is 2.29 bits per heavy atom. The zero-order valence-corrected chi connectivity index (χ0v) is 9.00. The molecule has 0 saturated carbocycles. The van der Waals surface area contributed by atoms with Gasteiger partial charge >= 0.3 is 0 Å². The Kier molecular flexibility index (Phi) is 3.72. The third-order valence-corrected chi connectivity index (χ3v) is 2.13. The molecule has 0 unspecified atom stereocenters. The molecule has 0 aromatic heterocycles. The molecule has 14 heavy (non-hydrogen) atoms. The van der Waals surface area contributed by atoms with Gasteiger partial charge in [-0.1, -0.05) is 12.2 Å². The highest BCUT2D eigenvalue weighted by atomic mass is 16.5. The van der Waals surface area contributed by atoms with Gasteiger partial charge in [0, 0.05) is 6.54 Å². The van der Waals surface area contributed by atoms with Gasteiger partial charge < -0.3 is 10.5 Å². The van der Waals surface area contributed by atoms with Gasteiger partial charge in [-0.05, 0) is 42.7 Å². The summed E-state index contributed by atoms with van der Waals surface area (Å²) in [6.45, 7) is 4.67. The van der Waals surface area contributed by atoms with E-state index in [1.807, 2.05) is 26.0 Å². The maximum absolute atomic E-state index is 5.40. The van der Waals surface area contributed by atoms with Crippen LogP contribution in [-0.4, -0.2) is 13.7 Å². The molecule has 0 spiro atoms. The van der Waals surface area contributed by atoms with Crippen molar-refractivity contribution in [1.29, 1.82) is 0 Å². The van der Waals surface area contributed by atoms with E-state index in [1.54, 1.807) is 7.11 Å². The van der Waals surface area contributed by atoms with Gasteiger partial charge in [-0.3, -0.25) is 0 Å². The Morgan fingerprint density at radius 2 is 1.86 bits per heavy atom. The van der Waals surface area contributed by atoms with Crippen molar-refractivity contribution in [3.63, 3.8) is 0 Å². The second-order valence-electron chi connectivity index (χ2n) is 3.33. The van der Waals surface area contributed by atoms with E-state index < -0.39 is 0 Å². The van der Waals surface area contributed by atoms with Crippen LogP contribution in [0.5, 0.6) is 5.75 Å². The van der Waals surface area contributed by atoms with Crippen LogP contribution < -0.4 is 10.5 Å². The maximum Gasteiger partial charge on any atom is 0.124 e. The Balaban J connectivity index is 3.07. The number of benzene rings is 1. The van der Waals surface area contributed by atoms with Crippen LogP contribution >= 0.6 is 0 Å². The lowest BCUT2D eigenvalue weighted by atomic mass is 10.1. The van der Waals surface area contributed by atoms with Crippen LogP contribution in [0.3, 0.4) is 0 Å². The van der Waals surface area contributed by atoms with E-state index in [9.17, 15) is 0 Å². The summed E-state index contributed by atoms with van der Waals surface area (Å²) in [5.74, 6) is 0.967. The smallest absolute Gasteiger partial charge is 0.124 e. The first-order chi connectivity index (χ1) is 6.69. The molecule has 0 bridgehead atoms. The lowest BCUT2D eigenvalue weighted by molar-refractivity contribution is 0.408. The van der Waals surface area contributed by atoms with Gasteiger partial charge in [0.05, 0.1) is 7.11 Å². The standard InChI is InChI=1S/C12H17NO/c1-9-7-11(5-4-6-13)8-10(2)12(9)14-3/h4-5,7-8H,6,13H2,1-3H3. The molecule has 0 amide bonds. The van der Waals surface area contributed by atoms with Crippen LogP contribution in [0.1, 0.15) is 16.7 Å². The monoisotopic (exact) mass is 191 g/mol. The number of methoxy groups -OCH3 is 1. The Bertz CT molecular complexity index is 319. The maximum atomic E-state index is 5.40. The molecule has 1 aromatic rings. The van der Waals surface area contributed by atoms with Gasteiger partial charge in [0.25, 0.3) is 0 Å². The first-order valence-corrected chi connectivity index (χ1v) is 4.71. The number of aryl methyl sites for hydroxylation is 2. The quantitative estimate of drug-likeness (QED) is 0.795. The number of ether oxygens (including phenoxy) is 1. The van der Waals surface area contributed by atoms with Crippen molar-refractivity contribution in [1.82, 2.24) is 0 Å². The van der Waals surface area contributed by atoms with E-state index in [0.29, 0.717) is 6.54 Å². The summed E-state index contributed by atoms with van der Waals surface area (Å²) in [4.78, 5) is 0. The van der Waals surface area contributed by atoms with Crippen molar-refractivity contribution in [3.05, 3.63) is 34.9 Å². The van der Waals surface area contributed by atoms with E-state index in [1.165, 1.54) is 5.56 Å². The first-order valence-electron chi connectivity index (χ1n) is 4.71. The molecule has 0 radical (unpaired) electrons. The van der Waals surface area contributed by atoms with Crippen molar-refractivity contribution >= 4 is 6.08 Å². The lowest BCUT2D eigenvalue weighted by Crippen LogP contribution is -1.93. The molecule has 1 aromatic carbocycles. The van der Waals surface area contributed by atoms with E-state index in [4.69, 9.17) is 10.5 Å². The minimum absolute atomic E-state index is 0.574. The number of rotatable bonds is 3. The molecule has 0 atom stereocenters. The van der Waals surface area contributed by atoms with Crippen molar-refractivity contribution in [2.24, 2.45) is 5.73 Å². The fourth-order valence-electron chi connectivity index (χ4n) is 1.61. The Morgan fingerprint density at radius 1 is 1.29 bits per heavy atom. The van der Waals surface area contributed by atoms with E-state index in [2.05, 4.69) is 12.1 Å². The first kappa shape index (κ1) is 10.8. The second-order valence-corrected chi connectivity index (χ2v) is 3.33. The van der Waals surface area contributed by atoms with E-state index >= 15 is 0 Å². The van der Waals surface area contributed by atoms with Crippen molar-refractivity contribution in [3.8, 4) is 5.75 Å². The summed E-state index contributed by atoms with van der Waals surface area (Å²) in [6, 6.07) is 4.19. The zero-order valence-electron chi connectivity index (χ0n) is 9.00. The van der Waals surface area contributed by atoms with E-state index in [0.717, 1.165) is 16.9 Å². The Labute approximate surface area is 85.4 Å². The van der Waals surface area contributed by atoms with Crippen LogP contribution in [0.4, 0.5) is 0 Å². The average molecular weight is 191 g/mol. The molecule has 0 aliphatic heterocycles. The number of hydrogen-bond acceptors (Lipinski definition) is 2. The van der Waals surface area contributed by atoms with Gasteiger partial charge in [0.2, 0.25) is 0 Å². The SMILES string of the molecule is COc1c(C)cc(C=CCN)cc1C. The fraction of sp³-hybridized carbons (Fsp3) is 0.333. The predicted octanol–water partition coefficient (Wildman–Crippen LogP) is 2.28. The molecule has 1 rings (SSSR count). The molecule has 0 saturated heterocycles. The summed E-state index contributed by atoms with van der Waals surface area (Å²) in [6.07, 6.45) is 3.97. The van der Waals surface area contributed by atoms with Crippen molar-refractivity contribution < 1.29 is 4.74 Å². The number of nitrogens with two attached hydrogens (primary N) is 1. The molecular weight excluding hydrogens is 174 g/mol. The topological polar surface area (TPSA) is 35.2 Å². The van der Waals surface area contributed by atoms with Crippen LogP contribution in [0.2, 0.25) is 0 Å². The van der Waals surface area contributed by atoms with Crippen LogP contribution in [0.25, 0.3) is 6.08 Å². The average Bonchev–Trinajstić information content (AvgIpc) is 2.14. The largest absolute Gasteiger partial charge is 0.496 e. The third-order valence-electron chi connectivity index (χ3n) is 2.13. The van der Waals surface area contributed by atoms with Crippen LogP contribution in [0, 0.1) is 13.8 Å². The molecule has 2 heteroatoms. The van der Waals surface area contributed by atoms with Gasteiger partial charge in [0.1, 0.15) is 5.75 Å². The molecule has 0 heterocycles. The normalized spacial score (nSPS) is 10.9. The summed E-state index contributed by atoms with van der Waals surface area (Å²) in [5.41, 5.74) is 8.88. The lowest BCUT2D eigenvalue weighted by Gasteiger charge is -2.09. The van der Waals surface area contributed by atoms with Crippen LogP contribution in [-0.2, 0) is 0 Å². The fourth-order valence-corrected chi connectivity index (χ4v) is 1.61. The highest BCUT2D eigenvalue weighted by Gasteiger charge is 2.02. The number of hydrogen-bond donors (Lipinski definition) is 1. The minimum atomic E-state index is 0.574. The summed E-state index contributed by atoms with van der Waals surface area (Å²) in [7, 11) is 1.70. The highest BCUT2D eigenvalue weighted by molar-refractivity contribution is 5.56. The highest BCUT2D eigenvalue weighted by Crippen LogP contribution is 2.24. The van der Waals surface area contributed by atoms with Gasteiger partial charge in [-0.2, -0.15) is 0 Å². The summed E-state index contributed by atoms with van der Waals surface area (Å²) < 4.78 is 5.29. The van der Waals surface area contributed by atoms with E-state index in [-0.39, 0.29) is 0 Å². The third kappa shape index (κ3) is 2.36. The van der Waals surface area contributed by atoms with Gasteiger partial charge in [-0.25, -0.2) is 0 Å². The van der Waals surface area contributed by atoms with Crippen LogP contribution in [0.15, 0.2) is 18.2 Å². The zero-order chi connectivity index (χ0) is 10.6. The van der Waals surface area contributed by atoms with Crippen molar-refractivity contribution in [2.75, 3.05) is 13.7 Å². The predicted molar refractivity (Wildman–Crippen MR) is 60.6 cm³/mol. The van der Waals surface area contributed by atoms with Crippen molar-refractivity contribution in [2.45, 2.75) is 13.8 Å². The molecule has 2 N–H and O–H groups in total. The Hall–Kier alpha value is -1.28. The summed E-state index contributed by atoms with van der Waals surface area (Å²) >= 11 is 0. The van der Waals surface area contributed by atoms with Gasteiger partial charge in [-0.15, -0.1) is 0 Å². The molecule has 0 fully saturated rings. The summed E-state index contributed by atoms with van der Waals surface area (Å²) in [5, 5.41) is 0.